The molecule has 0 aliphatic carbocycles. The van der Waals surface area contributed by atoms with Gasteiger partial charge in [-0.15, -0.1) is 0 Å². The van der Waals surface area contributed by atoms with E-state index in [-0.39, 0.29) is 18.2 Å². The van der Waals surface area contributed by atoms with Crippen LogP contribution in [0.2, 0.25) is 0 Å². The SMILES string of the molecule is NC(=O)c1ccc[n+](-c2ccc(O)cc2)c1.[Cl-]. The number of hydrogen-bond donors (Lipinski definition) is 2. The minimum Gasteiger partial charge on any atom is -1.00 e. The van der Waals surface area contributed by atoms with Crippen molar-refractivity contribution in [2.24, 2.45) is 5.73 Å². The van der Waals surface area contributed by atoms with Crippen LogP contribution in [0.5, 0.6) is 5.75 Å². The summed E-state index contributed by atoms with van der Waals surface area (Å²) >= 11 is 0. The molecule has 0 spiro atoms. The van der Waals surface area contributed by atoms with E-state index in [4.69, 9.17) is 10.8 Å². The lowest BCUT2D eigenvalue weighted by Gasteiger charge is -1.97. The highest BCUT2D eigenvalue weighted by molar-refractivity contribution is 5.92. The van der Waals surface area contributed by atoms with Gasteiger partial charge in [0.25, 0.3) is 5.91 Å². The summed E-state index contributed by atoms with van der Waals surface area (Å²) in [6.45, 7) is 0. The Morgan fingerprint density at radius 1 is 1.18 bits per heavy atom. The number of benzene rings is 1. The second-order valence-electron chi connectivity index (χ2n) is 3.38. The molecular weight excluding hydrogens is 240 g/mol. The quantitative estimate of drug-likeness (QED) is 0.593. The van der Waals surface area contributed by atoms with E-state index in [1.54, 1.807) is 53.4 Å². The number of rotatable bonds is 2. The van der Waals surface area contributed by atoms with E-state index < -0.39 is 5.91 Å². The van der Waals surface area contributed by atoms with Crippen LogP contribution in [0.25, 0.3) is 5.69 Å². The summed E-state index contributed by atoms with van der Waals surface area (Å²) in [7, 11) is 0. The van der Waals surface area contributed by atoms with Gasteiger partial charge in [0, 0.05) is 18.2 Å². The number of phenolic OH excluding ortho intramolecular Hbond substituents is 1. The maximum absolute atomic E-state index is 11.0. The number of primary amides is 1. The third kappa shape index (κ3) is 2.95. The molecule has 1 aromatic carbocycles. The first-order valence-electron chi connectivity index (χ1n) is 4.77. The molecule has 5 heteroatoms. The number of nitrogens with zero attached hydrogens (tertiary/aromatic N) is 1. The maximum Gasteiger partial charge on any atom is 0.254 e. The predicted octanol–water partition coefficient (Wildman–Crippen LogP) is -2.23. The van der Waals surface area contributed by atoms with Crippen LogP contribution in [0, 0.1) is 0 Å². The van der Waals surface area contributed by atoms with Gasteiger partial charge in [0.2, 0.25) is 5.69 Å². The Morgan fingerprint density at radius 2 is 1.82 bits per heavy atom. The van der Waals surface area contributed by atoms with Gasteiger partial charge in [0.05, 0.1) is 0 Å². The van der Waals surface area contributed by atoms with Gasteiger partial charge in [-0.1, -0.05) is 0 Å². The molecule has 0 bridgehead atoms. The van der Waals surface area contributed by atoms with Crippen molar-refractivity contribution in [1.82, 2.24) is 0 Å². The van der Waals surface area contributed by atoms with Crippen molar-refractivity contribution in [3.63, 3.8) is 0 Å². The molecule has 0 atom stereocenters. The summed E-state index contributed by atoms with van der Waals surface area (Å²) in [6, 6.07) is 10.1. The molecule has 0 unspecified atom stereocenters. The zero-order valence-electron chi connectivity index (χ0n) is 8.88. The fraction of sp³-hybridized carbons (Fsp3) is 0. The topological polar surface area (TPSA) is 67.2 Å². The molecular formula is C12H11ClN2O2. The molecule has 3 N–H and O–H groups in total. The van der Waals surface area contributed by atoms with E-state index in [9.17, 15) is 4.79 Å². The molecule has 1 heterocycles. The van der Waals surface area contributed by atoms with Crippen LogP contribution in [0.3, 0.4) is 0 Å². The Balaban J connectivity index is 0.00000144. The van der Waals surface area contributed by atoms with Gasteiger partial charge in [0.15, 0.2) is 12.4 Å². The lowest BCUT2D eigenvalue weighted by Crippen LogP contribution is -3.00. The minimum atomic E-state index is -0.465. The summed E-state index contributed by atoms with van der Waals surface area (Å²) in [5.74, 6) is -0.261. The fourth-order valence-corrected chi connectivity index (χ4v) is 1.41. The van der Waals surface area contributed by atoms with Gasteiger partial charge in [-0.05, 0) is 18.2 Å². The zero-order valence-corrected chi connectivity index (χ0v) is 9.63. The second kappa shape index (κ2) is 5.32. The number of amides is 1. The highest BCUT2D eigenvalue weighted by Gasteiger charge is 2.09. The van der Waals surface area contributed by atoms with Crippen molar-refractivity contribution in [2.45, 2.75) is 0 Å². The molecule has 4 nitrogen and oxygen atoms in total. The van der Waals surface area contributed by atoms with Gasteiger partial charge in [-0.3, -0.25) is 4.79 Å². The van der Waals surface area contributed by atoms with Crippen LogP contribution in [-0.4, -0.2) is 11.0 Å². The number of carbonyl (C=O) groups is 1. The molecule has 17 heavy (non-hydrogen) atoms. The van der Waals surface area contributed by atoms with Crippen molar-refractivity contribution in [1.29, 1.82) is 0 Å². The molecule has 2 rings (SSSR count). The summed E-state index contributed by atoms with van der Waals surface area (Å²) in [6.07, 6.45) is 3.45. The van der Waals surface area contributed by atoms with Crippen molar-refractivity contribution in [3.05, 3.63) is 54.4 Å². The van der Waals surface area contributed by atoms with Gasteiger partial charge >= 0.3 is 0 Å². The number of pyridine rings is 1. The van der Waals surface area contributed by atoms with Gasteiger partial charge in [0.1, 0.15) is 11.3 Å². The van der Waals surface area contributed by atoms with E-state index in [1.807, 2.05) is 0 Å². The minimum absolute atomic E-state index is 0. The summed E-state index contributed by atoms with van der Waals surface area (Å²) in [4.78, 5) is 11.0. The van der Waals surface area contributed by atoms with Crippen molar-refractivity contribution < 1.29 is 26.9 Å². The smallest absolute Gasteiger partial charge is 0.254 e. The lowest BCUT2D eigenvalue weighted by atomic mass is 10.2. The van der Waals surface area contributed by atoms with Gasteiger partial charge in [-0.25, -0.2) is 0 Å². The molecule has 0 saturated heterocycles. The van der Waals surface area contributed by atoms with Crippen molar-refractivity contribution >= 4 is 5.91 Å². The number of hydrogen-bond acceptors (Lipinski definition) is 2. The molecule has 0 radical (unpaired) electrons. The first-order valence-corrected chi connectivity index (χ1v) is 4.77. The number of aromatic hydroxyl groups is 1. The average molecular weight is 251 g/mol. The Kier molecular flexibility index (Phi) is 4.06. The number of nitrogens with two attached hydrogens (primary N) is 1. The normalized spacial score (nSPS) is 9.41. The molecule has 0 aliphatic rings. The van der Waals surface area contributed by atoms with Crippen LogP contribution >= 0.6 is 0 Å². The molecule has 0 saturated carbocycles. The first-order chi connectivity index (χ1) is 7.66. The van der Waals surface area contributed by atoms with E-state index in [2.05, 4.69) is 0 Å². The van der Waals surface area contributed by atoms with E-state index in [1.165, 1.54) is 0 Å². The third-order valence-electron chi connectivity index (χ3n) is 2.23. The molecule has 1 amide bonds. The number of phenols is 1. The standard InChI is InChI=1S/C12H10N2O2.ClH/c13-12(16)9-2-1-7-14(8-9)10-3-5-11(15)6-4-10;/h1-8H,(H2-,13,15,16);1H. The lowest BCUT2D eigenvalue weighted by molar-refractivity contribution is -0.595. The summed E-state index contributed by atoms with van der Waals surface area (Å²) in [5, 5.41) is 9.16. The maximum atomic E-state index is 11.0. The molecule has 0 aliphatic heterocycles. The highest BCUT2D eigenvalue weighted by Crippen LogP contribution is 2.09. The summed E-state index contributed by atoms with van der Waals surface area (Å²) < 4.78 is 1.76. The van der Waals surface area contributed by atoms with Crippen molar-refractivity contribution in [2.75, 3.05) is 0 Å². The zero-order chi connectivity index (χ0) is 11.5. The summed E-state index contributed by atoms with van der Waals surface area (Å²) in [5.41, 5.74) is 6.48. The second-order valence-corrected chi connectivity index (χ2v) is 3.38. The van der Waals surface area contributed by atoms with Crippen LogP contribution in [0.1, 0.15) is 10.4 Å². The molecule has 0 fully saturated rings. The number of aromatic nitrogens is 1. The van der Waals surface area contributed by atoms with Gasteiger partial charge in [-0.2, -0.15) is 4.57 Å². The van der Waals surface area contributed by atoms with Crippen LogP contribution in [0.4, 0.5) is 0 Å². The van der Waals surface area contributed by atoms with E-state index >= 15 is 0 Å². The van der Waals surface area contributed by atoms with E-state index in [0.717, 1.165) is 5.69 Å². The number of halogens is 1. The van der Waals surface area contributed by atoms with Crippen LogP contribution < -0.4 is 22.7 Å². The average Bonchev–Trinajstić information content (AvgIpc) is 2.30. The predicted molar refractivity (Wildman–Crippen MR) is 58.2 cm³/mol. The molecule has 1 aromatic heterocycles. The Hall–Kier alpha value is -2.07. The molecule has 2 aromatic rings. The largest absolute Gasteiger partial charge is 1.00 e. The van der Waals surface area contributed by atoms with Gasteiger partial charge < -0.3 is 23.2 Å². The molecule has 88 valence electrons. The van der Waals surface area contributed by atoms with Crippen molar-refractivity contribution in [3.8, 4) is 11.4 Å². The fourth-order valence-electron chi connectivity index (χ4n) is 1.41. The van der Waals surface area contributed by atoms with Crippen LogP contribution in [0.15, 0.2) is 48.8 Å². The Morgan fingerprint density at radius 3 is 2.41 bits per heavy atom. The first kappa shape index (κ1) is 13.0. The monoisotopic (exact) mass is 250 g/mol. The van der Waals surface area contributed by atoms with E-state index in [0.29, 0.717) is 5.56 Å². The Bertz CT molecular complexity index is 526. The van der Waals surface area contributed by atoms with Crippen LogP contribution in [-0.2, 0) is 0 Å². The third-order valence-corrected chi connectivity index (χ3v) is 2.23. The Labute approximate surface area is 105 Å². The highest BCUT2D eigenvalue weighted by atomic mass is 35.5. The number of carbonyl (C=O) groups excluding carboxylic acids is 1.